The minimum absolute atomic E-state index is 0.621. The van der Waals surface area contributed by atoms with Crippen molar-refractivity contribution in [1.29, 1.82) is 0 Å². The van der Waals surface area contributed by atoms with Crippen LogP contribution in [0.15, 0.2) is 22.8 Å². The second-order valence-corrected chi connectivity index (χ2v) is 5.32. The third kappa shape index (κ3) is 6.18. The van der Waals surface area contributed by atoms with Gasteiger partial charge in [0.1, 0.15) is 0 Å². The van der Waals surface area contributed by atoms with Crippen molar-refractivity contribution in [1.82, 2.24) is 4.98 Å². The smallest absolute Gasteiger partial charge is 0.0887 e. The van der Waals surface area contributed by atoms with Crippen LogP contribution in [0.1, 0.15) is 45.2 Å². The minimum atomic E-state index is 0.621. The van der Waals surface area contributed by atoms with E-state index in [9.17, 15) is 0 Å². The Morgan fingerprint density at radius 3 is 2.76 bits per heavy atom. The van der Waals surface area contributed by atoms with Crippen LogP contribution in [-0.4, -0.2) is 11.6 Å². The van der Waals surface area contributed by atoms with Crippen molar-refractivity contribution in [3.05, 3.63) is 28.5 Å². The van der Waals surface area contributed by atoms with Crippen molar-refractivity contribution in [3.8, 4) is 0 Å². The Morgan fingerprint density at radius 1 is 1.35 bits per heavy atom. The van der Waals surface area contributed by atoms with Gasteiger partial charge in [0, 0.05) is 17.3 Å². The topological polar surface area (TPSA) is 22.1 Å². The Hall–Kier alpha value is -0.410. The summed E-state index contributed by atoms with van der Waals surface area (Å²) >= 11 is 3.37. The van der Waals surface area contributed by atoms with Gasteiger partial charge in [0.05, 0.1) is 12.3 Å². The van der Waals surface area contributed by atoms with Gasteiger partial charge >= 0.3 is 0 Å². The molecule has 0 aliphatic carbocycles. The summed E-state index contributed by atoms with van der Waals surface area (Å²) in [5.41, 5.74) is 0.999. The molecular formula is C14H22BrNO. The Balaban J connectivity index is 2.23. The van der Waals surface area contributed by atoms with E-state index < -0.39 is 0 Å². The number of unbranched alkanes of at least 4 members (excludes halogenated alkanes) is 1. The molecule has 0 saturated heterocycles. The van der Waals surface area contributed by atoms with Crippen LogP contribution in [0.3, 0.4) is 0 Å². The molecule has 17 heavy (non-hydrogen) atoms. The van der Waals surface area contributed by atoms with Crippen LogP contribution >= 0.6 is 15.9 Å². The maximum Gasteiger partial charge on any atom is 0.0887 e. The van der Waals surface area contributed by atoms with E-state index in [1.807, 2.05) is 18.3 Å². The SMILES string of the molecule is CCCCC(CC)COCc1ccc(Br)cn1. The third-order valence-corrected chi connectivity index (χ3v) is 3.40. The molecule has 3 heteroatoms. The van der Waals surface area contributed by atoms with Crippen LogP contribution in [0.4, 0.5) is 0 Å². The van der Waals surface area contributed by atoms with Crippen LogP contribution in [0, 0.1) is 5.92 Å². The van der Waals surface area contributed by atoms with Gasteiger partial charge < -0.3 is 4.74 Å². The van der Waals surface area contributed by atoms with Crippen LogP contribution in [0.25, 0.3) is 0 Å². The average Bonchev–Trinajstić information content (AvgIpc) is 2.36. The zero-order chi connectivity index (χ0) is 12.5. The van der Waals surface area contributed by atoms with Crippen molar-refractivity contribution in [2.75, 3.05) is 6.61 Å². The Morgan fingerprint density at radius 2 is 2.18 bits per heavy atom. The van der Waals surface area contributed by atoms with E-state index in [4.69, 9.17) is 4.74 Å². The molecule has 0 bridgehead atoms. The first kappa shape index (κ1) is 14.7. The van der Waals surface area contributed by atoms with Crippen LogP contribution in [-0.2, 0) is 11.3 Å². The summed E-state index contributed by atoms with van der Waals surface area (Å²) in [5.74, 6) is 0.699. The summed E-state index contributed by atoms with van der Waals surface area (Å²) in [5, 5.41) is 0. The summed E-state index contributed by atoms with van der Waals surface area (Å²) in [4.78, 5) is 4.29. The second kappa shape index (κ2) is 8.65. The van der Waals surface area contributed by atoms with Crippen molar-refractivity contribution in [3.63, 3.8) is 0 Å². The first-order chi connectivity index (χ1) is 8.26. The van der Waals surface area contributed by atoms with Crippen LogP contribution in [0.2, 0.25) is 0 Å². The summed E-state index contributed by atoms with van der Waals surface area (Å²) in [7, 11) is 0. The van der Waals surface area contributed by atoms with Crippen molar-refractivity contribution < 1.29 is 4.74 Å². The number of pyridine rings is 1. The van der Waals surface area contributed by atoms with Gasteiger partial charge in [-0.2, -0.15) is 0 Å². The van der Waals surface area contributed by atoms with E-state index in [2.05, 4.69) is 34.8 Å². The van der Waals surface area contributed by atoms with E-state index in [0.29, 0.717) is 12.5 Å². The molecule has 1 aromatic rings. The van der Waals surface area contributed by atoms with Crippen LogP contribution in [0.5, 0.6) is 0 Å². The van der Waals surface area contributed by atoms with Gasteiger partial charge in [0.25, 0.3) is 0 Å². The van der Waals surface area contributed by atoms with Crippen molar-refractivity contribution in [2.24, 2.45) is 5.92 Å². The maximum absolute atomic E-state index is 5.73. The highest BCUT2D eigenvalue weighted by atomic mass is 79.9. The van der Waals surface area contributed by atoms with E-state index in [0.717, 1.165) is 16.8 Å². The number of halogens is 1. The lowest BCUT2D eigenvalue weighted by atomic mass is 10.0. The normalized spacial score (nSPS) is 12.6. The third-order valence-electron chi connectivity index (χ3n) is 2.94. The number of aromatic nitrogens is 1. The monoisotopic (exact) mass is 299 g/mol. The summed E-state index contributed by atoms with van der Waals surface area (Å²) in [6.45, 7) is 5.95. The van der Waals surface area contributed by atoms with Gasteiger partial charge in [-0.3, -0.25) is 4.98 Å². The predicted molar refractivity (Wildman–Crippen MR) is 74.9 cm³/mol. The molecule has 2 nitrogen and oxygen atoms in total. The van der Waals surface area contributed by atoms with Crippen LogP contribution < -0.4 is 0 Å². The number of hydrogen-bond donors (Lipinski definition) is 0. The van der Waals surface area contributed by atoms with E-state index in [1.54, 1.807) is 0 Å². The van der Waals surface area contributed by atoms with Gasteiger partial charge in [0.15, 0.2) is 0 Å². The van der Waals surface area contributed by atoms with Gasteiger partial charge in [-0.15, -0.1) is 0 Å². The molecule has 0 N–H and O–H groups in total. The Labute approximate surface area is 113 Å². The molecule has 96 valence electrons. The fourth-order valence-corrected chi connectivity index (χ4v) is 1.95. The molecule has 0 amide bonds. The molecule has 1 aromatic heterocycles. The highest BCUT2D eigenvalue weighted by Gasteiger charge is 2.06. The van der Waals surface area contributed by atoms with E-state index in [-0.39, 0.29) is 0 Å². The highest BCUT2D eigenvalue weighted by molar-refractivity contribution is 9.10. The number of hydrogen-bond acceptors (Lipinski definition) is 2. The van der Waals surface area contributed by atoms with E-state index >= 15 is 0 Å². The number of rotatable bonds is 8. The molecule has 0 fully saturated rings. The number of nitrogens with zero attached hydrogens (tertiary/aromatic N) is 1. The molecule has 0 spiro atoms. The molecular weight excluding hydrogens is 278 g/mol. The first-order valence-corrected chi connectivity index (χ1v) is 7.23. The van der Waals surface area contributed by atoms with Gasteiger partial charge in [0.2, 0.25) is 0 Å². The molecule has 0 aliphatic rings. The lowest BCUT2D eigenvalue weighted by molar-refractivity contribution is 0.0799. The highest BCUT2D eigenvalue weighted by Crippen LogP contribution is 2.14. The summed E-state index contributed by atoms with van der Waals surface area (Å²) < 4.78 is 6.74. The zero-order valence-electron chi connectivity index (χ0n) is 10.8. The van der Waals surface area contributed by atoms with Crippen molar-refractivity contribution >= 4 is 15.9 Å². The predicted octanol–water partition coefficient (Wildman–Crippen LogP) is 4.58. The molecule has 1 unspecified atom stereocenters. The fourth-order valence-electron chi connectivity index (χ4n) is 1.72. The largest absolute Gasteiger partial charge is 0.375 e. The fraction of sp³-hybridized carbons (Fsp3) is 0.643. The molecule has 0 radical (unpaired) electrons. The molecule has 0 aromatic carbocycles. The zero-order valence-corrected chi connectivity index (χ0v) is 12.4. The van der Waals surface area contributed by atoms with Gasteiger partial charge in [-0.1, -0.05) is 33.1 Å². The summed E-state index contributed by atoms with van der Waals surface area (Å²) in [6, 6.07) is 4.00. The average molecular weight is 300 g/mol. The molecule has 0 saturated carbocycles. The quantitative estimate of drug-likeness (QED) is 0.701. The Kier molecular flexibility index (Phi) is 7.45. The Bertz CT molecular complexity index is 300. The summed E-state index contributed by atoms with van der Waals surface area (Å²) in [6.07, 6.45) is 6.87. The number of ether oxygens (including phenoxy) is 1. The van der Waals surface area contributed by atoms with Gasteiger partial charge in [-0.05, 0) is 40.4 Å². The first-order valence-electron chi connectivity index (χ1n) is 6.44. The minimum Gasteiger partial charge on any atom is -0.375 e. The van der Waals surface area contributed by atoms with E-state index in [1.165, 1.54) is 25.7 Å². The maximum atomic E-state index is 5.73. The van der Waals surface area contributed by atoms with Gasteiger partial charge in [-0.25, -0.2) is 0 Å². The molecule has 1 atom stereocenters. The molecule has 0 aliphatic heterocycles. The lowest BCUT2D eigenvalue weighted by Gasteiger charge is -2.14. The molecule has 1 heterocycles. The molecule has 1 rings (SSSR count). The second-order valence-electron chi connectivity index (χ2n) is 4.40. The lowest BCUT2D eigenvalue weighted by Crippen LogP contribution is -2.09. The standard InChI is InChI=1S/C14H22BrNO/c1-3-5-6-12(4-2)10-17-11-14-8-7-13(15)9-16-14/h7-9,12H,3-6,10-11H2,1-2H3. The van der Waals surface area contributed by atoms with Crippen molar-refractivity contribution in [2.45, 2.75) is 46.1 Å².